The van der Waals surface area contributed by atoms with Crippen molar-refractivity contribution in [2.75, 3.05) is 0 Å². The molecule has 1 nitrogen and oxygen atoms in total. The van der Waals surface area contributed by atoms with Crippen molar-refractivity contribution in [3.05, 3.63) is 23.3 Å². The number of fused-ring (bicyclic) bond motifs is 1. The number of hydrogen-bond donors (Lipinski definition) is 1. The number of rotatable bonds is 2. The van der Waals surface area contributed by atoms with Crippen molar-refractivity contribution in [3.8, 4) is 5.75 Å². The van der Waals surface area contributed by atoms with E-state index in [1.54, 1.807) is 0 Å². The standard InChI is InChI=1S/C13H18OS/c1-3-4-11-6-5-10-8-12(14)9(2)7-13(10)15-11/h7-8,11,14H,3-6H2,1-2H3. The van der Waals surface area contributed by atoms with E-state index in [1.807, 2.05) is 24.8 Å². The van der Waals surface area contributed by atoms with Crippen molar-refractivity contribution >= 4 is 11.8 Å². The minimum atomic E-state index is 0.447. The van der Waals surface area contributed by atoms with Gasteiger partial charge in [-0.25, -0.2) is 0 Å². The van der Waals surface area contributed by atoms with Gasteiger partial charge in [-0.15, -0.1) is 11.8 Å². The molecule has 0 aliphatic carbocycles. The lowest BCUT2D eigenvalue weighted by Gasteiger charge is -2.24. The smallest absolute Gasteiger partial charge is 0.118 e. The second-order valence-corrected chi connectivity index (χ2v) is 5.66. The molecule has 1 aromatic carbocycles. The predicted molar refractivity (Wildman–Crippen MR) is 65.7 cm³/mol. The van der Waals surface area contributed by atoms with Crippen LogP contribution in [0, 0.1) is 6.92 Å². The third-order valence-electron chi connectivity index (χ3n) is 3.02. The van der Waals surface area contributed by atoms with E-state index in [2.05, 4.69) is 13.0 Å². The van der Waals surface area contributed by atoms with E-state index in [0.29, 0.717) is 5.75 Å². The maximum atomic E-state index is 9.64. The van der Waals surface area contributed by atoms with Crippen LogP contribution in [0.4, 0.5) is 0 Å². The van der Waals surface area contributed by atoms with Gasteiger partial charge in [-0.1, -0.05) is 13.3 Å². The van der Waals surface area contributed by atoms with Crippen LogP contribution in [0.25, 0.3) is 0 Å². The largest absolute Gasteiger partial charge is 0.508 e. The second kappa shape index (κ2) is 4.48. The van der Waals surface area contributed by atoms with Crippen molar-refractivity contribution in [1.29, 1.82) is 0 Å². The Hall–Kier alpha value is -0.630. The van der Waals surface area contributed by atoms with Crippen molar-refractivity contribution in [3.63, 3.8) is 0 Å². The van der Waals surface area contributed by atoms with Gasteiger partial charge in [-0.05, 0) is 49.4 Å². The van der Waals surface area contributed by atoms with Gasteiger partial charge in [-0.2, -0.15) is 0 Å². The summed E-state index contributed by atoms with van der Waals surface area (Å²) in [4.78, 5) is 1.38. The molecule has 1 N–H and O–H groups in total. The van der Waals surface area contributed by atoms with Gasteiger partial charge in [0.05, 0.1) is 0 Å². The van der Waals surface area contributed by atoms with E-state index in [9.17, 15) is 5.11 Å². The molecule has 0 fully saturated rings. The fraction of sp³-hybridized carbons (Fsp3) is 0.538. The lowest BCUT2D eigenvalue weighted by Crippen LogP contribution is -2.10. The van der Waals surface area contributed by atoms with E-state index >= 15 is 0 Å². The number of hydrogen-bond acceptors (Lipinski definition) is 2. The molecule has 0 saturated carbocycles. The van der Waals surface area contributed by atoms with Crippen LogP contribution in [0.3, 0.4) is 0 Å². The molecule has 0 aromatic heterocycles. The summed E-state index contributed by atoms with van der Waals surface area (Å²) < 4.78 is 0. The fourth-order valence-electron chi connectivity index (χ4n) is 2.10. The van der Waals surface area contributed by atoms with Gasteiger partial charge in [0.1, 0.15) is 5.75 Å². The van der Waals surface area contributed by atoms with Crippen LogP contribution in [0.5, 0.6) is 5.75 Å². The molecule has 0 amide bonds. The van der Waals surface area contributed by atoms with Crippen LogP contribution in [0.15, 0.2) is 17.0 Å². The summed E-state index contributed by atoms with van der Waals surface area (Å²) in [5, 5.41) is 10.4. The highest BCUT2D eigenvalue weighted by atomic mass is 32.2. The molecule has 2 rings (SSSR count). The number of thioether (sulfide) groups is 1. The minimum Gasteiger partial charge on any atom is -0.508 e. The van der Waals surface area contributed by atoms with Gasteiger partial charge >= 0.3 is 0 Å². The predicted octanol–water partition coefficient (Wildman–Crippen LogP) is 3.91. The van der Waals surface area contributed by atoms with Crippen LogP contribution < -0.4 is 0 Å². The number of aromatic hydroxyl groups is 1. The molecule has 1 aliphatic heterocycles. The van der Waals surface area contributed by atoms with E-state index in [4.69, 9.17) is 0 Å². The van der Waals surface area contributed by atoms with Crippen LogP contribution in [0.2, 0.25) is 0 Å². The van der Waals surface area contributed by atoms with Gasteiger partial charge < -0.3 is 5.11 Å². The molecular formula is C13H18OS. The highest BCUT2D eigenvalue weighted by Gasteiger charge is 2.19. The maximum Gasteiger partial charge on any atom is 0.118 e. The summed E-state index contributed by atoms with van der Waals surface area (Å²) in [6.45, 7) is 4.22. The van der Waals surface area contributed by atoms with Gasteiger partial charge in [0.2, 0.25) is 0 Å². The average Bonchev–Trinajstić information content (AvgIpc) is 2.21. The first-order chi connectivity index (χ1) is 7.20. The third-order valence-corrected chi connectivity index (χ3v) is 4.46. The zero-order valence-corrected chi connectivity index (χ0v) is 10.2. The molecule has 0 spiro atoms. The van der Waals surface area contributed by atoms with E-state index in [1.165, 1.54) is 29.7 Å². The Morgan fingerprint density at radius 2 is 2.27 bits per heavy atom. The Kier molecular flexibility index (Phi) is 3.25. The molecule has 2 heteroatoms. The lowest BCUT2D eigenvalue weighted by molar-refractivity contribution is 0.469. The summed E-state index contributed by atoms with van der Waals surface area (Å²) >= 11 is 1.99. The summed E-state index contributed by atoms with van der Waals surface area (Å²) in [6, 6.07) is 4.08. The molecule has 1 aromatic rings. The summed E-state index contributed by atoms with van der Waals surface area (Å²) in [5.74, 6) is 0.447. The Labute approximate surface area is 95.9 Å². The number of phenols is 1. The Morgan fingerprint density at radius 3 is 3.00 bits per heavy atom. The van der Waals surface area contributed by atoms with Crippen LogP contribution in [-0.4, -0.2) is 10.4 Å². The summed E-state index contributed by atoms with van der Waals surface area (Å²) in [6.07, 6.45) is 4.96. The number of phenolic OH excluding ortho intramolecular Hbond substituents is 1. The summed E-state index contributed by atoms with van der Waals surface area (Å²) in [5.41, 5.74) is 2.33. The van der Waals surface area contributed by atoms with E-state index in [0.717, 1.165) is 17.2 Å². The van der Waals surface area contributed by atoms with Gasteiger partial charge in [-0.3, -0.25) is 0 Å². The first kappa shape index (κ1) is 10.9. The zero-order chi connectivity index (χ0) is 10.8. The normalized spacial score (nSPS) is 20.0. The lowest BCUT2D eigenvalue weighted by atomic mass is 10.0. The van der Waals surface area contributed by atoms with E-state index in [-0.39, 0.29) is 0 Å². The highest BCUT2D eigenvalue weighted by molar-refractivity contribution is 8.00. The highest BCUT2D eigenvalue weighted by Crippen LogP contribution is 2.39. The van der Waals surface area contributed by atoms with Gasteiger partial charge in [0.25, 0.3) is 0 Å². The molecule has 1 aliphatic rings. The topological polar surface area (TPSA) is 20.2 Å². The van der Waals surface area contributed by atoms with Crippen molar-refractivity contribution in [1.82, 2.24) is 0 Å². The zero-order valence-electron chi connectivity index (χ0n) is 9.42. The molecule has 0 radical (unpaired) electrons. The maximum absolute atomic E-state index is 9.64. The molecule has 0 saturated heterocycles. The van der Waals surface area contributed by atoms with E-state index < -0.39 is 0 Å². The monoisotopic (exact) mass is 222 g/mol. The molecule has 1 atom stereocenters. The van der Waals surface area contributed by atoms with Gasteiger partial charge in [0, 0.05) is 10.1 Å². The Morgan fingerprint density at radius 1 is 1.47 bits per heavy atom. The SMILES string of the molecule is CCCC1CCc2cc(O)c(C)cc2S1. The number of aryl methyl sites for hydroxylation is 2. The minimum absolute atomic E-state index is 0.447. The van der Waals surface area contributed by atoms with Crippen molar-refractivity contribution in [2.45, 2.75) is 49.7 Å². The fourth-order valence-corrected chi connectivity index (χ4v) is 3.60. The average molecular weight is 222 g/mol. The van der Waals surface area contributed by atoms with Crippen LogP contribution in [0.1, 0.15) is 37.3 Å². The van der Waals surface area contributed by atoms with Crippen LogP contribution in [-0.2, 0) is 6.42 Å². The Balaban J connectivity index is 2.22. The molecule has 0 bridgehead atoms. The van der Waals surface area contributed by atoms with Crippen LogP contribution >= 0.6 is 11.8 Å². The quantitative estimate of drug-likeness (QED) is 0.818. The summed E-state index contributed by atoms with van der Waals surface area (Å²) in [7, 11) is 0. The van der Waals surface area contributed by atoms with Crippen molar-refractivity contribution < 1.29 is 5.11 Å². The molecule has 15 heavy (non-hydrogen) atoms. The second-order valence-electron chi connectivity index (χ2n) is 4.31. The molecular weight excluding hydrogens is 204 g/mol. The Bertz CT molecular complexity index is 360. The molecule has 1 unspecified atom stereocenters. The molecule has 1 heterocycles. The van der Waals surface area contributed by atoms with Crippen molar-refractivity contribution in [2.24, 2.45) is 0 Å². The third kappa shape index (κ3) is 2.31. The first-order valence-electron chi connectivity index (χ1n) is 5.70. The van der Waals surface area contributed by atoms with Gasteiger partial charge in [0.15, 0.2) is 0 Å². The molecule has 82 valence electrons. The number of benzene rings is 1. The first-order valence-corrected chi connectivity index (χ1v) is 6.57.